The highest BCUT2D eigenvalue weighted by Gasteiger charge is 2.32. The average molecular weight is 279 g/mol. The van der Waals surface area contributed by atoms with Gasteiger partial charge in [0.05, 0.1) is 24.2 Å². The van der Waals surface area contributed by atoms with Crippen molar-refractivity contribution in [2.75, 3.05) is 18.1 Å². The van der Waals surface area contributed by atoms with E-state index in [2.05, 4.69) is 4.98 Å². The van der Waals surface area contributed by atoms with Crippen molar-refractivity contribution in [1.29, 1.82) is 0 Å². The van der Waals surface area contributed by atoms with Gasteiger partial charge in [0, 0.05) is 6.54 Å². The van der Waals surface area contributed by atoms with E-state index in [-0.39, 0.29) is 17.0 Å². The molecule has 0 saturated carbocycles. The molecule has 2 heterocycles. The maximum Gasteiger partial charge on any atom is 0.328 e. The molecule has 1 aliphatic heterocycles. The third-order valence-electron chi connectivity index (χ3n) is 3.14. The van der Waals surface area contributed by atoms with Gasteiger partial charge in [-0.25, -0.2) is 4.79 Å². The summed E-state index contributed by atoms with van der Waals surface area (Å²) in [5.41, 5.74) is 7.00. The van der Waals surface area contributed by atoms with E-state index < -0.39 is 0 Å². The normalized spacial score (nSPS) is 18.4. The zero-order chi connectivity index (χ0) is 13.8. The first-order valence-electron chi connectivity index (χ1n) is 6.32. The number of hydrogen-bond donors (Lipinski definition) is 1. The van der Waals surface area contributed by atoms with Crippen LogP contribution in [0, 0.1) is 0 Å². The van der Waals surface area contributed by atoms with Crippen LogP contribution in [0.4, 0.5) is 5.69 Å². The summed E-state index contributed by atoms with van der Waals surface area (Å²) < 4.78 is 5.10. The zero-order valence-corrected chi connectivity index (χ0v) is 11.7. The first kappa shape index (κ1) is 13.7. The highest BCUT2D eigenvalue weighted by molar-refractivity contribution is 7.80. The first-order valence-corrected chi connectivity index (χ1v) is 6.73. The Labute approximate surface area is 117 Å². The Morgan fingerprint density at radius 2 is 2.42 bits per heavy atom. The summed E-state index contributed by atoms with van der Waals surface area (Å²) in [5, 5.41) is 0. The van der Waals surface area contributed by atoms with Crippen molar-refractivity contribution < 1.29 is 9.53 Å². The molecule has 1 aliphatic rings. The Kier molecular flexibility index (Phi) is 4.31. The molecule has 0 aliphatic carbocycles. The number of carbonyl (C=O) groups excluding carboxylic acids is 1. The summed E-state index contributed by atoms with van der Waals surface area (Å²) in [4.78, 5) is 18.4. The lowest BCUT2D eigenvalue weighted by molar-refractivity contribution is -0.144. The molecule has 5 nitrogen and oxygen atoms in total. The number of esters is 1. The molecular weight excluding hydrogens is 262 g/mol. The number of anilines is 1. The summed E-state index contributed by atoms with van der Waals surface area (Å²) in [6.45, 7) is 3.05. The fraction of sp³-hybridized carbons (Fsp3) is 0.462. The second-order valence-corrected chi connectivity index (χ2v) is 4.81. The Bertz CT molecular complexity index is 475. The van der Waals surface area contributed by atoms with Crippen LogP contribution in [0.25, 0.3) is 0 Å². The molecule has 1 aromatic heterocycles. The van der Waals surface area contributed by atoms with Crippen LogP contribution in [-0.2, 0) is 9.53 Å². The Hall–Kier alpha value is -1.69. The second kappa shape index (κ2) is 5.97. The summed E-state index contributed by atoms with van der Waals surface area (Å²) in [5.74, 6) is -0.168. The molecule has 1 atom stereocenters. The van der Waals surface area contributed by atoms with Gasteiger partial charge in [0.2, 0.25) is 0 Å². The van der Waals surface area contributed by atoms with E-state index in [0.29, 0.717) is 12.3 Å². The lowest BCUT2D eigenvalue weighted by Gasteiger charge is -2.24. The van der Waals surface area contributed by atoms with Gasteiger partial charge in [0.25, 0.3) is 0 Å². The molecule has 102 valence electrons. The fourth-order valence-electron chi connectivity index (χ4n) is 2.26. The summed E-state index contributed by atoms with van der Waals surface area (Å²) in [7, 11) is 0. The van der Waals surface area contributed by atoms with Crippen LogP contribution in [0.1, 0.15) is 25.5 Å². The predicted molar refractivity (Wildman–Crippen MR) is 77.1 cm³/mol. The summed E-state index contributed by atoms with van der Waals surface area (Å²) >= 11 is 4.87. The van der Waals surface area contributed by atoms with Crippen LogP contribution in [0.3, 0.4) is 0 Å². The number of aromatic nitrogens is 1. The van der Waals surface area contributed by atoms with Crippen molar-refractivity contribution in [3.8, 4) is 0 Å². The van der Waals surface area contributed by atoms with E-state index in [4.69, 9.17) is 22.7 Å². The van der Waals surface area contributed by atoms with Gasteiger partial charge in [-0.3, -0.25) is 4.98 Å². The third kappa shape index (κ3) is 3.01. The van der Waals surface area contributed by atoms with Crippen LogP contribution in [-0.4, -0.2) is 35.1 Å². The molecule has 0 bridgehead atoms. The standard InChI is InChI=1S/C13H17N3O2S/c1-2-18-13(17)11-4-3-7-16(11)9-5-6-10(12(14)19)15-8-9/h5-6,8,11H,2-4,7H2,1H3,(H2,14,19). The molecule has 1 saturated heterocycles. The van der Waals surface area contributed by atoms with E-state index in [0.717, 1.165) is 25.1 Å². The zero-order valence-electron chi connectivity index (χ0n) is 10.8. The number of thiocarbonyl (C=S) groups is 1. The number of hydrogen-bond acceptors (Lipinski definition) is 5. The fourth-order valence-corrected chi connectivity index (χ4v) is 2.38. The van der Waals surface area contributed by atoms with Gasteiger partial charge in [0.1, 0.15) is 11.0 Å². The highest BCUT2D eigenvalue weighted by Crippen LogP contribution is 2.25. The number of nitrogens with two attached hydrogens (primary N) is 1. The van der Waals surface area contributed by atoms with E-state index >= 15 is 0 Å². The van der Waals surface area contributed by atoms with Crippen molar-refractivity contribution in [1.82, 2.24) is 4.98 Å². The van der Waals surface area contributed by atoms with Gasteiger partial charge >= 0.3 is 5.97 Å². The largest absolute Gasteiger partial charge is 0.464 e. The van der Waals surface area contributed by atoms with Crippen LogP contribution in [0.5, 0.6) is 0 Å². The van der Waals surface area contributed by atoms with Gasteiger partial charge in [-0.05, 0) is 31.9 Å². The van der Waals surface area contributed by atoms with Gasteiger partial charge in [-0.1, -0.05) is 12.2 Å². The van der Waals surface area contributed by atoms with Crippen LogP contribution in [0.2, 0.25) is 0 Å². The molecule has 2 rings (SSSR count). The van der Waals surface area contributed by atoms with Crippen molar-refractivity contribution >= 4 is 28.9 Å². The monoisotopic (exact) mass is 279 g/mol. The molecular formula is C13H17N3O2S. The minimum Gasteiger partial charge on any atom is -0.464 e. The molecule has 1 aromatic rings. The minimum absolute atomic E-state index is 0.168. The minimum atomic E-state index is -0.211. The first-order chi connectivity index (χ1) is 9.13. The summed E-state index contributed by atoms with van der Waals surface area (Å²) in [6, 6.07) is 3.45. The maximum absolute atomic E-state index is 11.9. The quantitative estimate of drug-likeness (QED) is 0.661. The SMILES string of the molecule is CCOC(=O)C1CCCN1c1ccc(C(N)=S)nc1. The predicted octanol–water partition coefficient (Wildman–Crippen LogP) is 1.25. The smallest absolute Gasteiger partial charge is 0.328 e. The number of pyridine rings is 1. The van der Waals surface area contributed by atoms with Crippen molar-refractivity contribution in [2.24, 2.45) is 5.73 Å². The highest BCUT2D eigenvalue weighted by atomic mass is 32.1. The molecule has 19 heavy (non-hydrogen) atoms. The Morgan fingerprint density at radius 3 is 3.00 bits per heavy atom. The van der Waals surface area contributed by atoms with Gasteiger partial charge < -0.3 is 15.4 Å². The molecule has 0 amide bonds. The Balaban J connectivity index is 2.15. The van der Waals surface area contributed by atoms with Crippen LogP contribution in [0.15, 0.2) is 18.3 Å². The number of carbonyl (C=O) groups is 1. The maximum atomic E-state index is 11.9. The van der Waals surface area contributed by atoms with Crippen LogP contribution < -0.4 is 10.6 Å². The van der Waals surface area contributed by atoms with E-state index in [1.807, 2.05) is 17.9 Å². The average Bonchev–Trinajstić information content (AvgIpc) is 2.88. The number of nitrogens with zero attached hydrogens (tertiary/aromatic N) is 2. The lowest BCUT2D eigenvalue weighted by atomic mass is 10.2. The van der Waals surface area contributed by atoms with E-state index in [1.54, 1.807) is 12.3 Å². The van der Waals surface area contributed by atoms with E-state index in [1.165, 1.54) is 0 Å². The molecule has 2 N–H and O–H groups in total. The summed E-state index contributed by atoms with van der Waals surface area (Å²) in [6.07, 6.45) is 3.49. The van der Waals surface area contributed by atoms with Crippen molar-refractivity contribution in [3.05, 3.63) is 24.0 Å². The Morgan fingerprint density at radius 1 is 1.63 bits per heavy atom. The molecule has 0 aromatic carbocycles. The van der Waals surface area contributed by atoms with Crippen LogP contribution >= 0.6 is 12.2 Å². The van der Waals surface area contributed by atoms with Crippen molar-refractivity contribution in [3.63, 3.8) is 0 Å². The molecule has 1 unspecified atom stereocenters. The number of ether oxygens (including phenoxy) is 1. The molecule has 6 heteroatoms. The van der Waals surface area contributed by atoms with E-state index in [9.17, 15) is 4.79 Å². The number of rotatable bonds is 4. The van der Waals surface area contributed by atoms with Crippen molar-refractivity contribution in [2.45, 2.75) is 25.8 Å². The second-order valence-electron chi connectivity index (χ2n) is 4.37. The lowest BCUT2D eigenvalue weighted by Crippen LogP contribution is -2.37. The van der Waals surface area contributed by atoms with Gasteiger partial charge in [-0.15, -0.1) is 0 Å². The molecule has 0 radical (unpaired) electrons. The third-order valence-corrected chi connectivity index (χ3v) is 3.35. The van der Waals surface area contributed by atoms with Gasteiger partial charge in [0.15, 0.2) is 0 Å². The van der Waals surface area contributed by atoms with Gasteiger partial charge in [-0.2, -0.15) is 0 Å². The topological polar surface area (TPSA) is 68.5 Å². The molecule has 0 spiro atoms. The molecule has 1 fully saturated rings.